The molecule has 1 heterocycles. The monoisotopic (exact) mass is 268 g/mol. The summed E-state index contributed by atoms with van der Waals surface area (Å²) in [7, 11) is -2.05. The van der Waals surface area contributed by atoms with E-state index in [2.05, 4.69) is 0 Å². The number of fused-ring (bicyclic) bond motifs is 1. The zero-order valence-corrected chi connectivity index (χ0v) is 11.0. The van der Waals surface area contributed by atoms with Gasteiger partial charge in [-0.3, -0.25) is 0 Å². The lowest BCUT2D eigenvalue weighted by molar-refractivity contribution is 0.190. The van der Waals surface area contributed by atoms with Gasteiger partial charge < -0.3 is 9.30 Å². The Morgan fingerprint density at radius 2 is 2.06 bits per heavy atom. The lowest BCUT2D eigenvalue weighted by atomic mass is 10.2. The number of hydrogen-bond donors (Lipinski definition) is 1. The number of aryl methyl sites for hydroxylation is 1. The number of sulfonamides is 1. The standard InChI is InChI=1S/C12H16N2O3S/c1-17-8-4-7-14-9-12(18(13,15)16)10-5-2-3-6-11(10)14/h2-3,5-6,9H,4,7-8H2,1H3,(H2,13,15,16). The summed E-state index contributed by atoms with van der Waals surface area (Å²) in [6.07, 6.45) is 2.41. The maximum absolute atomic E-state index is 11.5. The second-order valence-electron chi connectivity index (χ2n) is 4.10. The molecule has 0 aliphatic heterocycles. The number of aromatic nitrogens is 1. The molecule has 98 valence electrons. The van der Waals surface area contributed by atoms with Crippen LogP contribution in [-0.4, -0.2) is 26.7 Å². The van der Waals surface area contributed by atoms with Crippen molar-refractivity contribution in [2.75, 3.05) is 13.7 Å². The van der Waals surface area contributed by atoms with Gasteiger partial charge in [-0.25, -0.2) is 13.6 Å². The van der Waals surface area contributed by atoms with Gasteiger partial charge in [0.2, 0.25) is 10.0 Å². The molecule has 1 aromatic carbocycles. The van der Waals surface area contributed by atoms with Gasteiger partial charge in [0.15, 0.2) is 0 Å². The summed E-state index contributed by atoms with van der Waals surface area (Å²) in [6.45, 7) is 1.33. The zero-order valence-electron chi connectivity index (χ0n) is 10.2. The molecule has 2 aromatic rings. The van der Waals surface area contributed by atoms with Crippen LogP contribution in [0.25, 0.3) is 10.9 Å². The van der Waals surface area contributed by atoms with Crippen molar-refractivity contribution in [3.63, 3.8) is 0 Å². The Hall–Kier alpha value is -1.37. The van der Waals surface area contributed by atoms with Crippen LogP contribution in [-0.2, 0) is 21.3 Å². The number of para-hydroxylation sites is 1. The van der Waals surface area contributed by atoms with Crippen molar-refractivity contribution in [2.24, 2.45) is 5.14 Å². The van der Waals surface area contributed by atoms with Crippen LogP contribution in [0.15, 0.2) is 35.4 Å². The Labute approximate surface area is 106 Å². The second-order valence-corrected chi connectivity index (χ2v) is 5.63. The molecule has 0 radical (unpaired) electrons. The molecule has 0 fully saturated rings. The van der Waals surface area contributed by atoms with Crippen LogP contribution in [0.3, 0.4) is 0 Å². The lowest BCUT2D eigenvalue weighted by Crippen LogP contribution is -2.11. The van der Waals surface area contributed by atoms with Crippen molar-refractivity contribution in [2.45, 2.75) is 17.9 Å². The van der Waals surface area contributed by atoms with E-state index in [0.717, 1.165) is 11.9 Å². The highest BCUT2D eigenvalue weighted by Gasteiger charge is 2.16. The number of rotatable bonds is 5. The molecular weight excluding hydrogens is 252 g/mol. The molecule has 0 aliphatic rings. The van der Waals surface area contributed by atoms with E-state index in [-0.39, 0.29) is 4.90 Å². The molecular formula is C12H16N2O3S. The van der Waals surface area contributed by atoms with Crippen molar-refractivity contribution >= 4 is 20.9 Å². The average Bonchev–Trinajstić information content (AvgIpc) is 2.69. The summed E-state index contributed by atoms with van der Waals surface area (Å²) < 4.78 is 30.0. The Bertz CT molecular complexity index is 646. The van der Waals surface area contributed by atoms with Gasteiger partial charge in [0.1, 0.15) is 4.90 Å². The van der Waals surface area contributed by atoms with E-state index >= 15 is 0 Å². The quantitative estimate of drug-likeness (QED) is 0.831. The minimum atomic E-state index is -3.69. The van der Waals surface area contributed by atoms with E-state index in [1.165, 1.54) is 0 Å². The van der Waals surface area contributed by atoms with Crippen molar-refractivity contribution in [1.82, 2.24) is 4.57 Å². The third kappa shape index (κ3) is 2.55. The number of nitrogens with two attached hydrogens (primary N) is 1. The Balaban J connectivity index is 2.48. The molecule has 1 aromatic heterocycles. The third-order valence-corrected chi connectivity index (χ3v) is 3.74. The van der Waals surface area contributed by atoms with Crippen LogP contribution < -0.4 is 5.14 Å². The van der Waals surface area contributed by atoms with E-state index in [0.29, 0.717) is 18.5 Å². The molecule has 5 nitrogen and oxygen atoms in total. The number of nitrogens with zero attached hydrogens (tertiary/aromatic N) is 1. The van der Waals surface area contributed by atoms with Crippen LogP contribution in [0.5, 0.6) is 0 Å². The van der Waals surface area contributed by atoms with Gasteiger partial charge in [0, 0.05) is 37.4 Å². The van der Waals surface area contributed by atoms with E-state index in [1.807, 2.05) is 16.7 Å². The molecule has 0 saturated carbocycles. The lowest BCUT2D eigenvalue weighted by Gasteiger charge is -2.03. The van der Waals surface area contributed by atoms with E-state index in [9.17, 15) is 8.42 Å². The highest BCUT2D eigenvalue weighted by Crippen LogP contribution is 2.24. The van der Waals surface area contributed by atoms with E-state index in [1.54, 1.807) is 25.4 Å². The highest BCUT2D eigenvalue weighted by atomic mass is 32.2. The summed E-state index contributed by atoms with van der Waals surface area (Å²) in [6, 6.07) is 7.33. The maximum Gasteiger partial charge on any atom is 0.240 e. The third-order valence-electron chi connectivity index (χ3n) is 2.81. The van der Waals surface area contributed by atoms with Gasteiger partial charge in [-0.05, 0) is 12.5 Å². The Kier molecular flexibility index (Phi) is 3.70. The number of benzene rings is 1. The van der Waals surface area contributed by atoms with E-state index < -0.39 is 10.0 Å². The summed E-state index contributed by atoms with van der Waals surface area (Å²) in [5.74, 6) is 0. The minimum Gasteiger partial charge on any atom is -0.385 e. The van der Waals surface area contributed by atoms with Gasteiger partial charge in [0.05, 0.1) is 0 Å². The molecule has 0 aliphatic carbocycles. The summed E-state index contributed by atoms with van der Waals surface area (Å²) in [5.41, 5.74) is 0.873. The molecule has 0 bridgehead atoms. The van der Waals surface area contributed by atoms with Crippen LogP contribution in [0.4, 0.5) is 0 Å². The predicted molar refractivity (Wildman–Crippen MR) is 69.8 cm³/mol. The first-order valence-electron chi connectivity index (χ1n) is 5.63. The largest absolute Gasteiger partial charge is 0.385 e. The minimum absolute atomic E-state index is 0.176. The number of ether oxygens (including phenoxy) is 1. The van der Waals surface area contributed by atoms with Gasteiger partial charge in [-0.2, -0.15) is 0 Å². The molecule has 0 saturated heterocycles. The smallest absolute Gasteiger partial charge is 0.240 e. The van der Waals surface area contributed by atoms with Crippen molar-refractivity contribution < 1.29 is 13.2 Å². The fraction of sp³-hybridized carbons (Fsp3) is 0.333. The Morgan fingerprint density at radius 1 is 1.33 bits per heavy atom. The predicted octanol–water partition coefficient (Wildman–Crippen LogP) is 1.33. The highest BCUT2D eigenvalue weighted by molar-refractivity contribution is 7.89. The molecule has 0 unspecified atom stereocenters. The van der Waals surface area contributed by atoms with Crippen molar-refractivity contribution in [3.05, 3.63) is 30.5 Å². The first-order valence-corrected chi connectivity index (χ1v) is 7.18. The summed E-state index contributed by atoms with van der Waals surface area (Å²) >= 11 is 0. The number of primary sulfonamides is 1. The van der Waals surface area contributed by atoms with Crippen LogP contribution >= 0.6 is 0 Å². The van der Waals surface area contributed by atoms with Crippen molar-refractivity contribution in [3.8, 4) is 0 Å². The topological polar surface area (TPSA) is 74.3 Å². The molecule has 18 heavy (non-hydrogen) atoms. The van der Waals surface area contributed by atoms with Gasteiger partial charge in [-0.1, -0.05) is 18.2 Å². The molecule has 0 spiro atoms. The molecule has 2 N–H and O–H groups in total. The zero-order chi connectivity index (χ0) is 13.2. The number of methoxy groups -OCH3 is 1. The second kappa shape index (κ2) is 5.09. The fourth-order valence-corrected chi connectivity index (χ4v) is 2.76. The van der Waals surface area contributed by atoms with E-state index in [4.69, 9.17) is 9.88 Å². The first kappa shape index (κ1) is 13.1. The molecule has 6 heteroatoms. The van der Waals surface area contributed by atoms with Gasteiger partial charge in [0.25, 0.3) is 0 Å². The van der Waals surface area contributed by atoms with Gasteiger partial charge >= 0.3 is 0 Å². The Morgan fingerprint density at radius 3 is 2.72 bits per heavy atom. The maximum atomic E-state index is 11.5. The SMILES string of the molecule is COCCCn1cc(S(N)(=O)=O)c2ccccc21. The van der Waals surface area contributed by atoms with Crippen LogP contribution in [0.1, 0.15) is 6.42 Å². The molecule has 2 rings (SSSR count). The van der Waals surface area contributed by atoms with Gasteiger partial charge in [-0.15, -0.1) is 0 Å². The number of hydrogen-bond acceptors (Lipinski definition) is 3. The summed E-state index contributed by atoms with van der Waals surface area (Å²) in [5, 5.41) is 5.89. The summed E-state index contributed by atoms with van der Waals surface area (Å²) in [4.78, 5) is 0.176. The molecule has 0 atom stereocenters. The molecule has 0 amide bonds. The van der Waals surface area contributed by atoms with Crippen LogP contribution in [0, 0.1) is 0 Å². The van der Waals surface area contributed by atoms with Crippen LogP contribution in [0.2, 0.25) is 0 Å². The van der Waals surface area contributed by atoms with Crippen molar-refractivity contribution in [1.29, 1.82) is 0 Å². The normalized spacial score (nSPS) is 12.1. The fourth-order valence-electron chi connectivity index (χ4n) is 2.00. The average molecular weight is 268 g/mol. The first-order chi connectivity index (χ1) is 8.54.